The third-order valence-electron chi connectivity index (χ3n) is 3.19. The van der Waals surface area contributed by atoms with E-state index in [1.807, 2.05) is 5.38 Å². The minimum absolute atomic E-state index is 0.184. The number of rotatable bonds is 5. The number of anilines is 2. The zero-order valence-corrected chi connectivity index (χ0v) is 15.9. The van der Waals surface area contributed by atoms with Crippen LogP contribution in [-0.4, -0.2) is 23.0 Å². The predicted molar refractivity (Wildman–Crippen MR) is 106 cm³/mol. The van der Waals surface area contributed by atoms with E-state index in [2.05, 4.69) is 15.5 Å². The fourth-order valence-electron chi connectivity index (χ4n) is 2.10. The van der Waals surface area contributed by atoms with Crippen molar-refractivity contribution in [2.24, 2.45) is 5.10 Å². The summed E-state index contributed by atoms with van der Waals surface area (Å²) < 4.78 is 0. The SMILES string of the molecule is CC(=O)N(c1cccc(Cl)c1)c1nc(/C=N\NC(=O)c2cccs2)cs1. The van der Waals surface area contributed by atoms with Crippen LogP contribution in [0.2, 0.25) is 5.02 Å². The highest BCUT2D eigenvalue weighted by Gasteiger charge is 2.18. The molecular weight excluding hydrogens is 392 g/mol. The third kappa shape index (κ3) is 4.34. The van der Waals surface area contributed by atoms with Crippen LogP contribution in [0.5, 0.6) is 0 Å². The van der Waals surface area contributed by atoms with Crippen molar-refractivity contribution in [1.29, 1.82) is 0 Å². The summed E-state index contributed by atoms with van der Waals surface area (Å²) in [5.74, 6) is -0.466. The summed E-state index contributed by atoms with van der Waals surface area (Å²) in [5, 5.41) is 8.49. The lowest BCUT2D eigenvalue weighted by Gasteiger charge is -2.18. The van der Waals surface area contributed by atoms with Crippen LogP contribution in [0.15, 0.2) is 52.3 Å². The molecule has 0 saturated carbocycles. The molecule has 0 aliphatic rings. The molecule has 0 aliphatic heterocycles. The van der Waals surface area contributed by atoms with Crippen LogP contribution < -0.4 is 10.3 Å². The lowest BCUT2D eigenvalue weighted by Crippen LogP contribution is -2.22. The molecule has 132 valence electrons. The van der Waals surface area contributed by atoms with Crippen molar-refractivity contribution in [2.45, 2.75) is 6.92 Å². The van der Waals surface area contributed by atoms with Crippen LogP contribution in [-0.2, 0) is 4.79 Å². The number of benzene rings is 1. The first-order valence-electron chi connectivity index (χ1n) is 7.43. The summed E-state index contributed by atoms with van der Waals surface area (Å²) >= 11 is 8.64. The molecule has 0 aliphatic carbocycles. The molecule has 0 atom stereocenters. The zero-order chi connectivity index (χ0) is 18.5. The lowest BCUT2D eigenvalue weighted by atomic mass is 10.3. The molecule has 0 radical (unpaired) electrons. The van der Waals surface area contributed by atoms with Gasteiger partial charge < -0.3 is 0 Å². The Morgan fingerprint density at radius 2 is 2.12 bits per heavy atom. The fraction of sp³-hybridized carbons (Fsp3) is 0.0588. The largest absolute Gasteiger partial charge is 0.281 e. The Bertz CT molecular complexity index is 953. The van der Waals surface area contributed by atoms with E-state index in [9.17, 15) is 9.59 Å². The van der Waals surface area contributed by atoms with E-state index in [0.717, 1.165) is 0 Å². The highest BCUT2D eigenvalue weighted by atomic mass is 35.5. The molecule has 0 bridgehead atoms. The minimum atomic E-state index is -0.281. The van der Waals surface area contributed by atoms with Crippen molar-refractivity contribution in [3.8, 4) is 0 Å². The first-order valence-corrected chi connectivity index (χ1v) is 9.57. The Morgan fingerprint density at radius 3 is 2.81 bits per heavy atom. The minimum Gasteiger partial charge on any atom is -0.274 e. The average molecular weight is 405 g/mol. The van der Waals surface area contributed by atoms with Gasteiger partial charge in [-0.25, -0.2) is 10.4 Å². The number of hydrogen-bond acceptors (Lipinski definition) is 6. The summed E-state index contributed by atoms with van der Waals surface area (Å²) in [4.78, 5) is 30.3. The molecule has 3 aromatic rings. The van der Waals surface area contributed by atoms with Gasteiger partial charge in [0.15, 0.2) is 5.13 Å². The van der Waals surface area contributed by atoms with E-state index in [1.54, 1.807) is 41.8 Å². The smallest absolute Gasteiger partial charge is 0.274 e. The number of hydrazone groups is 1. The van der Waals surface area contributed by atoms with Gasteiger partial charge in [0.25, 0.3) is 5.91 Å². The Hall–Kier alpha value is -2.55. The number of halogens is 1. The second kappa shape index (κ2) is 8.22. The van der Waals surface area contributed by atoms with Crippen molar-refractivity contribution in [1.82, 2.24) is 10.4 Å². The van der Waals surface area contributed by atoms with Gasteiger partial charge in [-0.05, 0) is 29.6 Å². The molecule has 2 heterocycles. The summed E-state index contributed by atoms with van der Waals surface area (Å²) in [6.07, 6.45) is 1.43. The molecule has 2 amide bonds. The van der Waals surface area contributed by atoms with Crippen LogP contribution in [0.3, 0.4) is 0 Å². The van der Waals surface area contributed by atoms with Gasteiger partial charge in [0, 0.05) is 17.3 Å². The summed E-state index contributed by atoms with van der Waals surface area (Å²) in [6.45, 7) is 1.46. The highest BCUT2D eigenvalue weighted by molar-refractivity contribution is 7.14. The first-order chi connectivity index (χ1) is 12.5. The number of carbonyl (C=O) groups is 2. The molecule has 0 fully saturated rings. The molecule has 0 unspecified atom stereocenters. The second-order valence-electron chi connectivity index (χ2n) is 5.07. The van der Waals surface area contributed by atoms with Gasteiger partial charge in [-0.1, -0.05) is 23.7 Å². The van der Waals surface area contributed by atoms with Crippen LogP contribution in [0.1, 0.15) is 22.3 Å². The Labute approximate surface area is 162 Å². The number of thiophene rings is 1. The number of nitrogens with one attached hydrogen (secondary N) is 1. The molecule has 1 N–H and O–H groups in total. The summed E-state index contributed by atoms with van der Waals surface area (Å²) in [5.41, 5.74) is 3.61. The maximum Gasteiger partial charge on any atom is 0.281 e. The molecule has 26 heavy (non-hydrogen) atoms. The van der Waals surface area contributed by atoms with E-state index < -0.39 is 0 Å². The van der Waals surface area contributed by atoms with Gasteiger partial charge in [-0.2, -0.15) is 5.10 Å². The van der Waals surface area contributed by atoms with Crippen molar-refractivity contribution in [3.63, 3.8) is 0 Å². The van der Waals surface area contributed by atoms with E-state index in [1.165, 1.54) is 40.7 Å². The molecule has 9 heteroatoms. The van der Waals surface area contributed by atoms with Crippen LogP contribution in [0.4, 0.5) is 10.8 Å². The molecule has 3 rings (SSSR count). The van der Waals surface area contributed by atoms with Gasteiger partial charge in [0.05, 0.1) is 22.5 Å². The van der Waals surface area contributed by atoms with Crippen molar-refractivity contribution in [2.75, 3.05) is 4.90 Å². The van der Waals surface area contributed by atoms with Gasteiger partial charge in [-0.15, -0.1) is 22.7 Å². The number of carbonyl (C=O) groups excluding carboxylic acids is 2. The molecule has 0 saturated heterocycles. The topological polar surface area (TPSA) is 74.7 Å². The van der Waals surface area contributed by atoms with Crippen LogP contribution >= 0.6 is 34.3 Å². The zero-order valence-electron chi connectivity index (χ0n) is 13.5. The third-order valence-corrected chi connectivity index (χ3v) is 5.14. The number of nitrogens with zero attached hydrogens (tertiary/aromatic N) is 3. The lowest BCUT2D eigenvalue weighted by molar-refractivity contribution is -0.115. The molecule has 6 nitrogen and oxygen atoms in total. The van der Waals surface area contributed by atoms with Gasteiger partial charge in [0.2, 0.25) is 5.91 Å². The Kier molecular flexibility index (Phi) is 5.77. The number of hydrogen-bond donors (Lipinski definition) is 1. The fourth-order valence-corrected chi connectivity index (χ4v) is 3.74. The Balaban J connectivity index is 1.74. The number of aromatic nitrogens is 1. The average Bonchev–Trinajstić information content (AvgIpc) is 3.27. The first kappa shape index (κ1) is 18.2. The molecule has 0 spiro atoms. The highest BCUT2D eigenvalue weighted by Crippen LogP contribution is 2.30. The van der Waals surface area contributed by atoms with E-state index >= 15 is 0 Å². The van der Waals surface area contributed by atoms with Crippen LogP contribution in [0.25, 0.3) is 0 Å². The van der Waals surface area contributed by atoms with Gasteiger partial charge in [0.1, 0.15) is 0 Å². The standard InChI is InChI=1S/C17H13ClN4O2S2/c1-11(23)22(14-5-2-4-12(18)8-14)17-20-13(10-26-17)9-19-21-16(24)15-6-3-7-25-15/h2-10H,1H3,(H,21,24)/b19-9-. The summed E-state index contributed by atoms with van der Waals surface area (Å²) in [7, 11) is 0. The van der Waals surface area contributed by atoms with Crippen molar-refractivity contribution in [3.05, 3.63) is 62.8 Å². The normalized spacial score (nSPS) is 10.8. The number of amides is 2. The molecule has 1 aromatic carbocycles. The molecular formula is C17H13ClN4O2S2. The summed E-state index contributed by atoms with van der Waals surface area (Å²) in [6, 6.07) is 10.5. The second-order valence-corrected chi connectivity index (χ2v) is 7.29. The maximum atomic E-state index is 12.1. The van der Waals surface area contributed by atoms with E-state index in [-0.39, 0.29) is 11.8 Å². The maximum absolute atomic E-state index is 12.1. The monoisotopic (exact) mass is 404 g/mol. The van der Waals surface area contributed by atoms with Gasteiger partial charge in [-0.3, -0.25) is 14.5 Å². The Morgan fingerprint density at radius 1 is 1.27 bits per heavy atom. The van der Waals surface area contributed by atoms with E-state index in [4.69, 9.17) is 11.6 Å². The van der Waals surface area contributed by atoms with Crippen molar-refractivity contribution >= 4 is 63.1 Å². The predicted octanol–water partition coefficient (Wildman–Crippen LogP) is 4.31. The molecule has 2 aromatic heterocycles. The van der Waals surface area contributed by atoms with Crippen LogP contribution in [0, 0.1) is 0 Å². The van der Waals surface area contributed by atoms with E-state index in [0.29, 0.717) is 26.4 Å². The quantitative estimate of drug-likeness (QED) is 0.508. The number of thiazole rings is 1. The van der Waals surface area contributed by atoms with Crippen molar-refractivity contribution < 1.29 is 9.59 Å². The van der Waals surface area contributed by atoms with Gasteiger partial charge >= 0.3 is 0 Å².